The number of amides is 2. The largest absolute Gasteiger partial charge is 0.453 e. The average molecular weight is 279 g/mol. The van der Waals surface area contributed by atoms with E-state index in [1.54, 1.807) is 24.3 Å². The van der Waals surface area contributed by atoms with E-state index in [9.17, 15) is 9.59 Å². The first-order chi connectivity index (χ1) is 9.30. The van der Waals surface area contributed by atoms with Crippen LogP contribution in [0.1, 0.15) is 26.7 Å². The molecule has 110 valence electrons. The van der Waals surface area contributed by atoms with Crippen molar-refractivity contribution in [1.29, 1.82) is 0 Å². The SMILES string of the molecule is COC(=O)Nc1cccc(NC(=O)CCC(C)(C)N)c1. The van der Waals surface area contributed by atoms with Gasteiger partial charge in [-0.05, 0) is 38.5 Å². The van der Waals surface area contributed by atoms with Gasteiger partial charge in [0.25, 0.3) is 0 Å². The fraction of sp³-hybridized carbons (Fsp3) is 0.429. The van der Waals surface area contributed by atoms with Gasteiger partial charge in [-0.2, -0.15) is 0 Å². The second-order valence-electron chi connectivity index (χ2n) is 5.23. The lowest BCUT2D eigenvalue weighted by atomic mass is 10.00. The van der Waals surface area contributed by atoms with E-state index in [0.29, 0.717) is 24.2 Å². The van der Waals surface area contributed by atoms with Crippen LogP contribution < -0.4 is 16.4 Å². The summed E-state index contributed by atoms with van der Waals surface area (Å²) in [5.41, 5.74) is 6.62. The molecule has 0 bridgehead atoms. The maximum atomic E-state index is 11.8. The minimum atomic E-state index is -0.557. The monoisotopic (exact) mass is 279 g/mol. The summed E-state index contributed by atoms with van der Waals surface area (Å²) in [6.07, 6.45) is 0.384. The summed E-state index contributed by atoms with van der Waals surface area (Å²) < 4.78 is 4.50. The van der Waals surface area contributed by atoms with Crippen molar-refractivity contribution in [2.24, 2.45) is 5.73 Å². The molecule has 0 aromatic heterocycles. The van der Waals surface area contributed by atoms with Gasteiger partial charge < -0.3 is 15.8 Å². The second-order valence-corrected chi connectivity index (χ2v) is 5.23. The third kappa shape index (κ3) is 6.19. The van der Waals surface area contributed by atoms with Gasteiger partial charge in [0, 0.05) is 23.3 Å². The minimum Gasteiger partial charge on any atom is -0.453 e. The summed E-state index contributed by atoms with van der Waals surface area (Å²) in [6, 6.07) is 6.83. The Kier molecular flexibility index (Phi) is 5.52. The molecular formula is C14H21N3O3. The van der Waals surface area contributed by atoms with E-state index in [4.69, 9.17) is 5.73 Å². The summed E-state index contributed by atoms with van der Waals surface area (Å²) in [6.45, 7) is 3.75. The molecule has 20 heavy (non-hydrogen) atoms. The molecule has 0 saturated heterocycles. The van der Waals surface area contributed by atoms with Crippen molar-refractivity contribution in [3.8, 4) is 0 Å². The Morgan fingerprint density at radius 2 is 1.85 bits per heavy atom. The van der Waals surface area contributed by atoms with Crippen LogP contribution in [0.5, 0.6) is 0 Å². The van der Waals surface area contributed by atoms with Crippen LogP contribution in [0.2, 0.25) is 0 Å². The van der Waals surface area contributed by atoms with E-state index in [1.807, 2.05) is 13.8 Å². The molecule has 0 aliphatic rings. The van der Waals surface area contributed by atoms with Crippen molar-refractivity contribution >= 4 is 23.4 Å². The topological polar surface area (TPSA) is 93.5 Å². The molecule has 0 radical (unpaired) electrons. The van der Waals surface area contributed by atoms with E-state index >= 15 is 0 Å². The third-order valence-electron chi connectivity index (χ3n) is 2.57. The zero-order chi connectivity index (χ0) is 15.2. The molecule has 4 N–H and O–H groups in total. The highest BCUT2D eigenvalue weighted by Gasteiger charge is 2.13. The molecule has 1 aromatic carbocycles. The van der Waals surface area contributed by atoms with Crippen molar-refractivity contribution in [2.45, 2.75) is 32.2 Å². The molecule has 0 unspecified atom stereocenters. The Morgan fingerprint density at radius 3 is 2.40 bits per heavy atom. The fourth-order valence-electron chi connectivity index (χ4n) is 1.50. The third-order valence-corrected chi connectivity index (χ3v) is 2.57. The molecule has 6 heteroatoms. The van der Waals surface area contributed by atoms with Crippen LogP contribution in [0.15, 0.2) is 24.3 Å². The first kappa shape index (κ1) is 16.0. The van der Waals surface area contributed by atoms with Gasteiger partial charge in [0.15, 0.2) is 0 Å². The number of hydrogen-bond acceptors (Lipinski definition) is 4. The highest BCUT2D eigenvalue weighted by molar-refractivity contribution is 5.92. The van der Waals surface area contributed by atoms with Crippen LogP contribution in [-0.2, 0) is 9.53 Å². The lowest BCUT2D eigenvalue weighted by Gasteiger charge is -2.17. The predicted octanol–water partition coefficient (Wildman–Crippen LogP) is 2.32. The molecule has 0 fully saturated rings. The zero-order valence-corrected chi connectivity index (χ0v) is 12.0. The molecular weight excluding hydrogens is 258 g/mol. The number of rotatable bonds is 5. The quantitative estimate of drug-likeness (QED) is 0.771. The Bertz CT molecular complexity index is 481. The highest BCUT2D eigenvalue weighted by Crippen LogP contribution is 2.16. The molecule has 0 aliphatic carbocycles. The zero-order valence-electron chi connectivity index (χ0n) is 12.0. The van der Waals surface area contributed by atoms with Gasteiger partial charge in [-0.1, -0.05) is 6.07 Å². The van der Waals surface area contributed by atoms with E-state index in [0.717, 1.165) is 0 Å². The summed E-state index contributed by atoms with van der Waals surface area (Å²) in [4.78, 5) is 22.9. The Labute approximate surface area is 118 Å². The second kappa shape index (κ2) is 6.91. The van der Waals surface area contributed by atoms with Gasteiger partial charge in [0.2, 0.25) is 5.91 Å². The van der Waals surface area contributed by atoms with E-state index in [2.05, 4.69) is 15.4 Å². The summed E-state index contributed by atoms with van der Waals surface area (Å²) in [5, 5.41) is 5.29. The number of anilines is 2. The predicted molar refractivity (Wildman–Crippen MR) is 78.6 cm³/mol. The number of carbonyl (C=O) groups is 2. The normalized spacial score (nSPS) is 10.8. The average Bonchev–Trinajstić information content (AvgIpc) is 2.36. The van der Waals surface area contributed by atoms with Crippen molar-refractivity contribution in [1.82, 2.24) is 0 Å². The minimum absolute atomic E-state index is 0.112. The van der Waals surface area contributed by atoms with Crippen molar-refractivity contribution in [2.75, 3.05) is 17.7 Å². The lowest BCUT2D eigenvalue weighted by molar-refractivity contribution is -0.116. The van der Waals surface area contributed by atoms with Gasteiger partial charge in [0.05, 0.1) is 7.11 Å². The Morgan fingerprint density at radius 1 is 1.25 bits per heavy atom. The molecule has 0 spiro atoms. The smallest absolute Gasteiger partial charge is 0.411 e. The summed E-state index contributed by atoms with van der Waals surface area (Å²) in [7, 11) is 1.29. The molecule has 2 amide bonds. The van der Waals surface area contributed by atoms with Crippen LogP contribution in [0, 0.1) is 0 Å². The van der Waals surface area contributed by atoms with Crippen LogP contribution >= 0.6 is 0 Å². The molecule has 0 aliphatic heterocycles. The van der Waals surface area contributed by atoms with Crippen LogP contribution in [0.4, 0.5) is 16.2 Å². The molecule has 6 nitrogen and oxygen atoms in total. The molecule has 0 saturated carbocycles. The number of ether oxygens (including phenoxy) is 1. The standard InChI is InChI=1S/C14H21N3O3/c1-14(2,15)8-7-12(18)16-10-5-4-6-11(9-10)17-13(19)20-3/h4-6,9H,7-8,15H2,1-3H3,(H,16,18)(H,17,19). The number of nitrogens with one attached hydrogen (secondary N) is 2. The van der Waals surface area contributed by atoms with Crippen LogP contribution in [0.3, 0.4) is 0 Å². The van der Waals surface area contributed by atoms with Gasteiger partial charge in [-0.3, -0.25) is 10.1 Å². The first-order valence-corrected chi connectivity index (χ1v) is 6.34. The first-order valence-electron chi connectivity index (χ1n) is 6.34. The lowest BCUT2D eigenvalue weighted by Crippen LogP contribution is -2.33. The Balaban J connectivity index is 2.57. The number of carbonyl (C=O) groups excluding carboxylic acids is 2. The summed E-state index contributed by atoms with van der Waals surface area (Å²) >= 11 is 0. The van der Waals surface area contributed by atoms with Gasteiger partial charge >= 0.3 is 6.09 Å². The number of nitrogens with two attached hydrogens (primary N) is 1. The van der Waals surface area contributed by atoms with E-state index in [-0.39, 0.29) is 11.4 Å². The van der Waals surface area contributed by atoms with Crippen molar-refractivity contribution in [3.05, 3.63) is 24.3 Å². The van der Waals surface area contributed by atoms with Crippen molar-refractivity contribution in [3.63, 3.8) is 0 Å². The molecule has 1 rings (SSSR count). The number of methoxy groups -OCH3 is 1. The highest BCUT2D eigenvalue weighted by atomic mass is 16.5. The molecule has 0 heterocycles. The van der Waals surface area contributed by atoms with Crippen LogP contribution in [-0.4, -0.2) is 24.6 Å². The fourth-order valence-corrected chi connectivity index (χ4v) is 1.50. The summed E-state index contributed by atoms with van der Waals surface area (Å²) in [5.74, 6) is -0.112. The Hall–Kier alpha value is -2.08. The van der Waals surface area contributed by atoms with Gasteiger partial charge in [-0.25, -0.2) is 4.79 Å². The van der Waals surface area contributed by atoms with Crippen molar-refractivity contribution < 1.29 is 14.3 Å². The number of benzene rings is 1. The maximum Gasteiger partial charge on any atom is 0.411 e. The van der Waals surface area contributed by atoms with Gasteiger partial charge in [-0.15, -0.1) is 0 Å². The van der Waals surface area contributed by atoms with Gasteiger partial charge in [0.1, 0.15) is 0 Å². The maximum absolute atomic E-state index is 11.8. The molecule has 0 atom stereocenters. The van der Waals surface area contributed by atoms with E-state index in [1.165, 1.54) is 7.11 Å². The number of hydrogen-bond donors (Lipinski definition) is 3. The molecule has 1 aromatic rings. The van der Waals surface area contributed by atoms with E-state index < -0.39 is 6.09 Å². The van der Waals surface area contributed by atoms with Crippen LogP contribution in [0.25, 0.3) is 0 Å².